The SMILES string of the molecule is CCCCCCCC1CCC(CCc2ccc(-c3ncc(OCCCCC)cn3)cc2)CC1. The Morgan fingerprint density at radius 3 is 2.00 bits per heavy atom. The Bertz CT molecular complexity index is 748. The predicted octanol–water partition coefficient (Wildman–Crippen LogP) is 8.81. The first-order valence-corrected chi connectivity index (χ1v) is 13.8. The fourth-order valence-electron chi connectivity index (χ4n) is 5.12. The van der Waals surface area contributed by atoms with Crippen molar-refractivity contribution in [3.8, 4) is 17.1 Å². The Hall–Kier alpha value is -1.90. The molecule has 0 amide bonds. The molecule has 0 spiro atoms. The summed E-state index contributed by atoms with van der Waals surface area (Å²) in [6.45, 7) is 5.24. The zero-order valence-corrected chi connectivity index (χ0v) is 21.2. The summed E-state index contributed by atoms with van der Waals surface area (Å²) < 4.78 is 5.72. The van der Waals surface area contributed by atoms with Gasteiger partial charge in [-0.2, -0.15) is 0 Å². The standard InChI is InChI=1S/C30H46N2O/c1-3-5-7-8-9-11-25-12-14-26(15-13-25)16-17-27-18-20-28(21-19-27)30-31-23-29(24-32-30)33-22-10-6-4-2/h18-21,23-26H,3-17,22H2,1-2H3. The lowest BCUT2D eigenvalue weighted by atomic mass is 9.77. The van der Waals surface area contributed by atoms with Crippen LogP contribution >= 0.6 is 0 Å². The Morgan fingerprint density at radius 2 is 1.33 bits per heavy atom. The molecule has 0 unspecified atom stereocenters. The van der Waals surface area contributed by atoms with Gasteiger partial charge in [-0.25, -0.2) is 9.97 Å². The zero-order valence-electron chi connectivity index (χ0n) is 21.2. The number of hydrogen-bond acceptors (Lipinski definition) is 3. The molecule has 0 saturated heterocycles. The molecule has 3 rings (SSSR count). The molecule has 0 aliphatic heterocycles. The Morgan fingerprint density at radius 1 is 0.727 bits per heavy atom. The molecule has 182 valence electrons. The quantitative estimate of drug-likeness (QED) is 0.254. The van der Waals surface area contributed by atoms with Gasteiger partial charge in [0.25, 0.3) is 0 Å². The van der Waals surface area contributed by atoms with Crippen molar-refractivity contribution in [2.75, 3.05) is 6.61 Å². The van der Waals surface area contributed by atoms with Gasteiger partial charge in [-0.05, 0) is 36.7 Å². The number of unbranched alkanes of at least 4 members (excludes halogenated alkanes) is 6. The van der Waals surface area contributed by atoms with Crippen LogP contribution in [-0.4, -0.2) is 16.6 Å². The van der Waals surface area contributed by atoms with E-state index >= 15 is 0 Å². The van der Waals surface area contributed by atoms with Crippen LogP contribution in [0.2, 0.25) is 0 Å². The molecule has 0 atom stereocenters. The van der Waals surface area contributed by atoms with Gasteiger partial charge in [-0.1, -0.05) is 115 Å². The molecule has 1 aliphatic rings. The fraction of sp³-hybridized carbons (Fsp3) is 0.667. The van der Waals surface area contributed by atoms with Gasteiger partial charge in [0, 0.05) is 5.56 Å². The maximum atomic E-state index is 5.72. The van der Waals surface area contributed by atoms with E-state index < -0.39 is 0 Å². The molecule has 33 heavy (non-hydrogen) atoms. The van der Waals surface area contributed by atoms with Gasteiger partial charge in [-0.3, -0.25) is 0 Å². The van der Waals surface area contributed by atoms with Gasteiger partial charge >= 0.3 is 0 Å². The van der Waals surface area contributed by atoms with Crippen molar-refractivity contribution in [2.24, 2.45) is 11.8 Å². The third-order valence-electron chi connectivity index (χ3n) is 7.38. The van der Waals surface area contributed by atoms with E-state index in [2.05, 4.69) is 48.1 Å². The summed E-state index contributed by atoms with van der Waals surface area (Å²) in [6, 6.07) is 8.86. The normalized spacial score (nSPS) is 18.4. The Balaban J connectivity index is 1.35. The summed E-state index contributed by atoms with van der Waals surface area (Å²) in [7, 11) is 0. The second kappa shape index (κ2) is 15.1. The van der Waals surface area contributed by atoms with Crippen LogP contribution < -0.4 is 4.74 Å². The fourth-order valence-corrected chi connectivity index (χ4v) is 5.12. The van der Waals surface area contributed by atoms with Crippen molar-refractivity contribution in [2.45, 2.75) is 110 Å². The molecule has 0 bridgehead atoms. The van der Waals surface area contributed by atoms with Crippen LogP contribution in [0.4, 0.5) is 0 Å². The van der Waals surface area contributed by atoms with Crippen molar-refractivity contribution in [3.05, 3.63) is 42.2 Å². The Labute approximate surface area is 202 Å². The van der Waals surface area contributed by atoms with E-state index in [0.29, 0.717) is 0 Å². The van der Waals surface area contributed by atoms with E-state index in [-0.39, 0.29) is 0 Å². The zero-order chi connectivity index (χ0) is 23.1. The van der Waals surface area contributed by atoms with Crippen LogP contribution in [0.25, 0.3) is 11.4 Å². The molecule has 0 radical (unpaired) electrons. The lowest BCUT2D eigenvalue weighted by Gasteiger charge is -2.28. The minimum absolute atomic E-state index is 0.742. The molecule has 1 fully saturated rings. The first-order valence-electron chi connectivity index (χ1n) is 13.8. The summed E-state index contributed by atoms with van der Waals surface area (Å²) >= 11 is 0. The van der Waals surface area contributed by atoms with Gasteiger partial charge in [0.1, 0.15) is 0 Å². The van der Waals surface area contributed by atoms with Crippen molar-refractivity contribution in [1.29, 1.82) is 0 Å². The first-order chi connectivity index (χ1) is 16.3. The topological polar surface area (TPSA) is 35.0 Å². The largest absolute Gasteiger partial charge is 0.490 e. The lowest BCUT2D eigenvalue weighted by molar-refractivity contribution is 0.248. The summed E-state index contributed by atoms with van der Waals surface area (Å²) in [5.41, 5.74) is 2.52. The molecule has 3 nitrogen and oxygen atoms in total. The van der Waals surface area contributed by atoms with Crippen molar-refractivity contribution >= 4 is 0 Å². The third kappa shape index (κ3) is 9.47. The van der Waals surface area contributed by atoms with Crippen molar-refractivity contribution < 1.29 is 4.74 Å². The minimum Gasteiger partial charge on any atom is -0.490 e. The van der Waals surface area contributed by atoms with Crippen LogP contribution in [-0.2, 0) is 6.42 Å². The number of benzene rings is 1. The maximum absolute atomic E-state index is 5.72. The molecule has 2 aromatic rings. The number of nitrogens with zero attached hydrogens (tertiary/aromatic N) is 2. The maximum Gasteiger partial charge on any atom is 0.159 e. The first kappa shape index (κ1) is 25.7. The average Bonchev–Trinajstić information content (AvgIpc) is 2.87. The number of ether oxygens (including phenoxy) is 1. The predicted molar refractivity (Wildman–Crippen MR) is 140 cm³/mol. The highest BCUT2D eigenvalue weighted by Gasteiger charge is 2.20. The number of rotatable bonds is 15. The average molecular weight is 451 g/mol. The van der Waals surface area contributed by atoms with Gasteiger partial charge in [0.15, 0.2) is 11.6 Å². The molecule has 1 saturated carbocycles. The summed E-state index contributed by atoms with van der Waals surface area (Å²) in [5.74, 6) is 3.47. The van der Waals surface area contributed by atoms with Crippen LogP contribution in [0.1, 0.15) is 109 Å². The molecule has 1 aliphatic carbocycles. The summed E-state index contributed by atoms with van der Waals surface area (Å²) in [5, 5.41) is 0. The second-order valence-electron chi connectivity index (χ2n) is 10.1. The molecule has 3 heteroatoms. The van der Waals surface area contributed by atoms with Crippen molar-refractivity contribution in [3.63, 3.8) is 0 Å². The monoisotopic (exact) mass is 450 g/mol. The highest BCUT2D eigenvalue weighted by atomic mass is 16.5. The van der Waals surface area contributed by atoms with Gasteiger partial charge < -0.3 is 4.74 Å². The van der Waals surface area contributed by atoms with E-state index in [1.54, 1.807) is 12.4 Å². The van der Waals surface area contributed by atoms with E-state index in [1.807, 2.05) is 0 Å². The van der Waals surface area contributed by atoms with Gasteiger partial charge in [0.2, 0.25) is 0 Å². The second-order valence-corrected chi connectivity index (χ2v) is 10.1. The van der Waals surface area contributed by atoms with E-state index in [9.17, 15) is 0 Å². The highest BCUT2D eigenvalue weighted by molar-refractivity contribution is 5.55. The number of aromatic nitrogens is 2. The highest BCUT2D eigenvalue weighted by Crippen LogP contribution is 2.34. The number of aryl methyl sites for hydroxylation is 1. The molecular weight excluding hydrogens is 404 g/mol. The van der Waals surface area contributed by atoms with Crippen LogP contribution in [0, 0.1) is 11.8 Å². The number of hydrogen-bond donors (Lipinski definition) is 0. The van der Waals surface area contributed by atoms with Crippen LogP contribution in [0.5, 0.6) is 5.75 Å². The van der Waals surface area contributed by atoms with Crippen molar-refractivity contribution in [1.82, 2.24) is 9.97 Å². The van der Waals surface area contributed by atoms with Crippen LogP contribution in [0.3, 0.4) is 0 Å². The summed E-state index contributed by atoms with van der Waals surface area (Å²) in [6.07, 6.45) is 24.0. The Kier molecular flexibility index (Phi) is 11.8. The minimum atomic E-state index is 0.742. The van der Waals surface area contributed by atoms with E-state index in [0.717, 1.165) is 42.0 Å². The molecule has 0 N–H and O–H groups in total. The summed E-state index contributed by atoms with van der Waals surface area (Å²) in [4.78, 5) is 9.01. The van der Waals surface area contributed by atoms with Gasteiger partial charge in [0.05, 0.1) is 19.0 Å². The van der Waals surface area contributed by atoms with Crippen LogP contribution in [0.15, 0.2) is 36.7 Å². The molecule has 1 aromatic heterocycles. The third-order valence-corrected chi connectivity index (χ3v) is 7.38. The molecular formula is C30H46N2O. The molecule has 1 heterocycles. The lowest BCUT2D eigenvalue weighted by Crippen LogP contribution is -2.15. The van der Waals surface area contributed by atoms with E-state index in [1.165, 1.54) is 95.5 Å². The van der Waals surface area contributed by atoms with E-state index in [4.69, 9.17) is 4.74 Å². The van der Waals surface area contributed by atoms with Gasteiger partial charge in [-0.15, -0.1) is 0 Å². The smallest absolute Gasteiger partial charge is 0.159 e. The molecule has 1 aromatic carbocycles.